The summed E-state index contributed by atoms with van der Waals surface area (Å²) in [6.07, 6.45) is 0. The van der Waals surface area contributed by atoms with Crippen LogP contribution in [0, 0.1) is 0 Å². The van der Waals surface area contributed by atoms with Gasteiger partial charge in [0.15, 0.2) is 0 Å². The molecule has 1 amide bonds. The van der Waals surface area contributed by atoms with E-state index >= 15 is 0 Å². The maximum atomic E-state index is 11.4. The summed E-state index contributed by atoms with van der Waals surface area (Å²) < 4.78 is 0. The molecule has 0 spiro atoms. The lowest BCUT2D eigenvalue weighted by molar-refractivity contribution is -0.122. The van der Waals surface area contributed by atoms with Gasteiger partial charge in [0.25, 0.3) is 0 Å². The summed E-state index contributed by atoms with van der Waals surface area (Å²) in [6.45, 7) is 7.15. The van der Waals surface area contributed by atoms with Gasteiger partial charge >= 0.3 is 0 Å². The number of carbonyl (C=O) groups is 1. The van der Waals surface area contributed by atoms with Crippen molar-refractivity contribution < 1.29 is 9.90 Å². The number of aliphatic hydroxyl groups excluding tert-OH is 1. The summed E-state index contributed by atoms with van der Waals surface area (Å²) in [6, 6.07) is 0. The van der Waals surface area contributed by atoms with Crippen LogP contribution in [0.1, 0.15) is 13.8 Å². The van der Waals surface area contributed by atoms with Crippen molar-refractivity contribution in [1.29, 1.82) is 0 Å². The molecule has 0 aromatic carbocycles. The molecular weight excluding hydrogens is 212 g/mol. The molecule has 0 aromatic rings. The number of aliphatic hydroxyl groups is 1. The standard InChI is InChI=1S/C10H20N2O2S/c1-8-5-12(6-9(2)15-8)7-10(14)11-3-4-13/h8-9,13H,3-7H2,1-2H3,(H,11,14). The average Bonchev–Trinajstić information content (AvgIpc) is 2.13. The third-order valence-electron chi connectivity index (χ3n) is 2.30. The van der Waals surface area contributed by atoms with Crippen molar-refractivity contribution in [2.75, 3.05) is 32.8 Å². The number of hydrogen-bond acceptors (Lipinski definition) is 4. The number of carbonyl (C=O) groups excluding carboxylic acids is 1. The van der Waals surface area contributed by atoms with Gasteiger partial charge in [-0.05, 0) is 0 Å². The number of hydrogen-bond donors (Lipinski definition) is 2. The molecule has 1 aliphatic rings. The Hall–Kier alpha value is -0.260. The topological polar surface area (TPSA) is 52.6 Å². The minimum absolute atomic E-state index is 0.00833. The van der Waals surface area contributed by atoms with E-state index in [0.717, 1.165) is 13.1 Å². The normalized spacial score (nSPS) is 27.7. The largest absolute Gasteiger partial charge is 0.395 e. The van der Waals surface area contributed by atoms with E-state index in [1.165, 1.54) is 0 Å². The lowest BCUT2D eigenvalue weighted by atomic mass is 10.3. The fourth-order valence-corrected chi connectivity index (χ4v) is 3.25. The van der Waals surface area contributed by atoms with Crippen molar-refractivity contribution in [3.63, 3.8) is 0 Å². The molecule has 88 valence electrons. The fraction of sp³-hybridized carbons (Fsp3) is 0.900. The average molecular weight is 232 g/mol. The molecule has 1 aliphatic heterocycles. The van der Waals surface area contributed by atoms with Gasteiger partial charge in [-0.1, -0.05) is 13.8 Å². The van der Waals surface area contributed by atoms with Crippen molar-refractivity contribution >= 4 is 17.7 Å². The highest BCUT2D eigenvalue weighted by atomic mass is 32.2. The van der Waals surface area contributed by atoms with Crippen molar-refractivity contribution in [1.82, 2.24) is 10.2 Å². The second kappa shape index (κ2) is 6.35. The molecular formula is C10H20N2O2S. The molecule has 5 heteroatoms. The van der Waals surface area contributed by atoms with E-state index < -0.39 is 0 Å². The first kappa shape index (κ1) is 12.8. The number of nitrogens with zero attached hydrogens (tertiary/aromatic N) is 1. The van der Waals surface area contributed by atoms with Crippen LogP contribution in [0.4, 0.5) is 0 Å². The van der Waals surface area contributed by atoms with E-state index in [1.807, 2.05) is 11.8 Å². The fourth-order valence-electron chi connectivity index (χ4n) is 1.87. The number of thioether (sulfide) groups is 1. The molecule has 1 rings (SSSR count). The minimum Gasteiger partial charge on any atom is -0.395 e. The van der Waals surface area contributed by atoms with Gasteiger partial charge in [-0.15, -0.1) is 0 Å². The van der Waals surface area contributed by atoms with Gasteiger partial charge in [-0.3, -0.25) is 9.69 Å². The zero-order valence-corrected chi connectivity index (χ0v) is 10.2. The summed E-state index contributed by atoms with van der Waals surface area (Å²) in [5.41, 5.74) is 0. The maximum Gasteiger partial charge on any atom is 0.234 e. The van der Waals surface area contributed by atoms with Crippen molar-refractivity contribution in [3.8, 4) is 0 Å². The van der Waals surface area contributed by atoms with Crippen LogP contribution in [-0.4, -0.2) is 59.2 Å². The zero-order valence-electron chi connectivity index (χ0n) is 9.40. The Morgan fingerprint density at radius 3 is 2.60 bits per heavy atom. The van der Waals surface area contributed by atoms with E-state index in [-0.39, 0.29) is 12.5 Å². The molecule has 1 saturated heterocycles. The molecule has 4 nitrogen and oxygen atoms in total. The van der Waals surface area contributed by atoms with E-state index in [2.05, 4.69) is 24.1 Å². The van der Waals surface area contributed by atoms with Gasteiger partial charge in [0.2, 0.25) is 5.91 Å². The van der Waals surface area contributed by atoms with Gasteiger partial charge in [0, 0.05) is 30.1 Å². The second-order valence-electron chi connectivity index (χ2n) is 4.02. The Kier molecular flexibility index (Phi) is 5.42. The van der Waals surface area contributed by atoms with Crippen molar-refractivity contribution in [3.05, 3.63) is 0 Å². The van der Waals surface area contributed by atoms with E-state index in [9.17, 15) is 4.79 Å². The first-order chi connectivity index (χ1) is 7.11. The summed E-state index contributed by atoms with van der Waals surface area (Å²) in [5, 5.41) is 12.4. The second-order valence-corrected chi connectivity index (χ2v) is 5.91. The van der Waals surface area contributed by atoms with E-state index in [1.54, 1.807) is 0 Å². The van der Waals surface area contributed by atoms with Crippen LogP contribution in [0.3, 0.4) is 0 Å². The van der Waals surface area contributed by atoms with Crippen LogP contribution in [0.15, 0.2) is 0 Å². The molecule has 0 aliphatic carbocycles. The summed E-state index contributed by atoms with van der Waals surface area (Å²) in [4.78, 5) is 13.6. The molecule has 1 heterocycles. The highest BCUT2D eigenvalue weighted by molar-refractivity contribution is 8.00. The smallest absolute Gasteiger partial charge is 0.234 e. The van der Waals surface area contributed by atoms with Crippen molar-refractivity contribution in [2.45, 2.75) is 24.3 Å². The third kappa shape index (κ3) is 4.86. The van der Waals surface area contributed by atoms with Crippen LogP contribution in [0.25, 0.3) is 0 Å². The molecule has 2 unspecified atom stereocenters. The third-order valence-corrected chi connectivity index (χ3v) is 3.52. The molecule has 0 bridgehead atoms. The SMILES string of the molecule is CC1CN(CC(=O)NCCO)CC(C)S1. The number of rotatable bonds is 4. The molecule has 0 saturated carbocycles. The molecule has 0 aromatic heterocycles. The first-order valence-electron chi connectivity index (χ1n) is 5.37. The molecule has 2 atom stereocenters. The molecule has 2 N–H and O–H groups in total. The Labute approximate surface area is 95.4 Å². The highest BCUT2D eigenvalue weighted by Crippen LogP contribution is 2.24. The Bertz CT molecular complexity index is 204. The van der Waals surface area contributed by atoms with Gasteiger partial charge in [0.1, 0.15) is 0 Å². The molecule has 1 fully saturated rings. The van der Waals surface area contributed by atoms with Gasteiger partial charge in [-0.2, -0.15) is 11.8 Å². The lowest BCUT2D eigenvalue weighted by Gasteiger charge is -2.33. The summed E-state index contributed by atoms with van der Waals surface area (Å²) >= 11 is 1.98. The predicted molar refractivity (Wildman–Crippen MR) is 63.1 cm³/mol. The first-order valence-corrected chi connectivity index (χ1v) is 6.31. The summed E-state index contributed by atoms with van der Waals surface area (Å²) in [5.74, 6) is 0.00958. The molecule has 0 radical (unpaired) electrons. The Balaban J connectivity index is 2.27. The van der Waals surface area contributed by atoms with Crippen LogP contribution in [-0.2, 0) is 4.79 Å². The zero-order chi connectivity index (χ0) is 11.3. The van der Waals surface area contributed by atoms with E-state index in [0.29, 0.717) is 23.6 Å². The number of nitrogens with one attached hydrogen (secondary N) is 1. The minimum atomic E-state index is 0.00833. The van der Waals surface area contributed by atoms with Crippen LogP contribution >= 0.6 is 11.8 Å². The number of amides is 1. The van der Waals surface area contributed by atoms with Gasteiger partial charge in [0.05, 0.1) is 13.2 Å². The lowest BCUT2D eigenvalue weighted by Crippen LogP contribution is -2.46. The van der Waals surface area contributed by atoms with E-state index in [4.69, 9.17) is 5.11 Å². The predicted octanol–water partition coefficient (Wildman–Crippen LogP) is -0.0793. The van der Waals surface area contributed by atoms with Crippen LogP contribution in [0.2, 0.25) is 0 Å². The van der Waals surface area contributed by atoms with Crippen LogP contribution in [0.5, 0.6) is 0 Å². The van der Waals surface area contributed by atoms with Gasteiger partial charge in [-0.25, -0.2) is 0 Å². The molecule has 15 heavy (non-hydrogen) atoms. The van der Waals surface area contributed by atoms with Crippen LogP contribution < -0.4 is 5.32 Å². The highest BCUT2D eigenvalue weighted by Gasteiger charge is 2.23. The monoisotopic (exact) mass is 232 g/mol. The summed E-state index contributed by atoms with van der Waals surface area (Å²) in [7, 11) is 0. The quantitative estimate of drug-likeness (QED) is 0.712. The Morgan fingerprint density at radius 1 is 1.47 bits per heavy atom. The Morgan fingerprint density at radius 2 is 2.07 bits per heavy atom. The van der Waals surface area contributed by atoms with Crippen molar-refractivity contribution in [2.24, 2.45) is 0 Å². The van der Waals surface area contributed by atoms with Gasteiger partial charge < -0.3 is 10.4 Å². The maximum absolute atomic E-state index is 11.4.